The van der Waals surface area contributed by atoms with Crippen molar-refractivity contribution >= 4 is 29.3 Å². The number of ether oxygens (including phenoxy) is 1. The predicted octanol–water partition coefficient (Wildman–Crippen LogP) is 3.04. The maximum atomic E-state index is 12.5. The standard InChI is InChI=1S/C12H12ClF3N2O3/c1-2-21-11(20)17-6-10(19)18-9-5-7(12(14,15)16)3-4-8(9)13/h3-5H,2,6H2,1H3,(H,17,20)(H,18,19). The Kier molecular flexibility index (Phi) is 5.83. The van der Waals surface area contributed by atoms with Gasteiger partial charge in [-0.25, -0.2) is 4.79 Å². The van der Waals surface area contributed by atoms with Crippen molar-refractivity contribution in [2.75, 3.05) is 18.5 Å². The largest absolute Gasteiger partial charge is 0.450 e. The summed E-state index contributed by atoms with van der Waals surface area (Å²) in [6.45, 7) is 1.26. The number of alkyl halides is 3. The summed E-state index contributed by atoms with van der Waals surface area (Å²) in [4.78, 5) is 22.5. The van der Waals surface area contributed by atoms with E-state index in [-0.39, 0.29) is 17.3 Å². The van der Waals surface area contributed by atoms with Crippen LogP contribution in [0.25, 0.3) is 0 Å². The highest BCUT2D eigenvalue weighted by atomic mass is 35.5. The van der Waals surface area contributed by atoms with Crippen molar-refractivity contribution < 1.29 is 27.5 Å². The molecule has 0 spiro atoms. The van der Waals surface area contributed by atoms with Crippen LogP contribution in [-0.4, -0.2) is 25.2 Å². The Morgan fingerprint density at radius 1 is 1.33 bits per heavy atom. The van der Waals surface area contributed by atoms with Crippen LogP contribution in [0.1, 0.15) is 12.5 Å². The smallest absolute Gasteiger partial charge is 0.416 e. The highest BCUT2D eigenvalue weighted by molar-refractivity contribution is 6.33. The minimum atomic E-state index is -4.55. The average Bonchev–Trinajstić information content (AvgIpc) is 2.38. The third-order valence-electron chi connectivity index (χ3n) is 2.24. The van der Waals surface area contributed by atoms with Crippen molar-refractivity contribution in [3.8, 4) is 0 Å². The van der Waals surface area contributed by atoms with Crippen LogP contribution in [0.4, 0.5) is 23.7 Å². The van der Waals surface area contributed by atoms with E-state index in [9.17, 15) is 22.8 Å². The first-order valence-corrected chi connectivity index (χ1v) is 6.19. The van der Waals surface area contributed by atoms with E-state index >= 15 is 0 Å². The molecular weight excluding hydrogens is 313 g/mol. The molecule has 5 nitrogen and oxygen atoms in total. The Morgan fingerprint density at radius 3 is 2.57 bits per heavy atom. The molecule has 1 aromatic rings. The molecule has 0 fully saturated rings. The van der Waals surface area contributed by atoms with E-state index in [1.807, 2.05) is 0 Å². The van der Waals surface area contributed by atoms with E-state index in [0.29, 0.717) is 6.07 Å². The molecule has 116 valence electrons. The first-order chi connectivity index (χ1) is 9.74. The van der Waals surface area contributed by atoms with Gasteiger partial charge in [-0.2, -0.15) is 13.2 Å². The van der Waals surface area contributed by atoms with Crippen LogP contribution in [-0.2, 0) is 15.7 Å². The predicted molar refractivity (Wildman–Crippen MR) is 70.1 cm³/mol. The van der Waals surface area contributed by atoms with Gasteiger partial charge in [0.15, 0.2) is 0 Å². The zero-order valence-electron chi connectivity index (χ0n) is 10.9. The Bertz CT molecular complexity index is 535. The number of benzene rings is 1. The topological polar surface area (TPSA) is 67.4 Å². The number of rotatable bonds is 4. The number of hydrogen-bond acceptors (Lipinski definition) is 3. The van der Waals surface area contributed by atoms with Gasteiger partial charge >= 0.3 is 12.3 Å². The molecule has 0 radical (unpaired) electrons. The van der Waals surface area contributed by atoms with Crippen LogP contribution < -0.4 is 10.6 Å². The van der Waals surface area contributed by atoms with Crippen molar-refractivity contribution in [2.24, 2.45) is 0 Å². The van der Waals surface area contributed by atoms with Crippen LogP contribution in [0.2, 0.25) is 5.02 Å². The number of carbonyl (C=O) groups excluding carboxylic acids is 2. The number of alkyl carbamates (subject to hydrolysis) is 1. The van der Waals surface area contributed by atoms with Crippen LogP contribution in [0.5, 0.6) is 0 Å². The van der Waals surface area contributed by atoms with Crippen LogP contribution >= 0.6 is 11.6 Å². The van der Waals surface area contributed by atoms with Crippen LogP contribution in [0.15, 0.2) is 18.2 Å². The van der Waals surface area contributed by atoms with Gasteiger partial charge in [0.2, 0.25) is 5.91 Å². The maximum Gasteiger partial charge on any atom is 0.416 e. The van der Waals surface area contributed by atoms with Gasteiger partial charge in [-0.3, -0.25) is 4.79 Å². The summed E-state index contributed by atoms with van der Waals surface area (Å²) in [7, 11) is 0. The first kappa shape index (κ1) is 17.1. The molecule has 0 saturated heterocycles. The molecule has 0 heterocycles. The summed E-state index contributed by atoms with van der Waals surface area (Å²) in [5.41, 5.74) is -1.14. The molecule has 1 rings (SSSR count). The molecule has 0 unspecified atom stereocenters. The SMILES string of the molecule is CCOC(=O)NCC(=O)Nc1cc(C(F)(F)F)ccc1Cl. The van der Waals surface area contributed by atoms with E-state index < -0.39 is 30.3 Å². The van der Waals surface area contributed by atoms with Gasteiger partial charge < -0.3 is 15.4 Å². The monoisotopic (exact) mass is 324 g/mol. The van der Waals surface area contributed by atoms with Crippen molar-refractivity contribution in [3.63, 3.8) is 0 Å². The second-order valence-electron chi connectivity index (χ2n) is 3.81. The van der Waals surface area contributed by atoms with Gasteiger partial charge in [0.1, 0.15) is 6.54 Å². The normalized spacial score (nSPS) is 10.9. The third-order valence-corrected chi connectivity index (χ3v) is 2.57. The quantitative estimate of drug-likeness (QED) is 0.894. The molecule has 0 aliphatic rings. The molecule has 0 saturated carbocycles. The minimum Gasteiger partial charge on any atom is -0.450 e. The molecule has 21 heavy (non-hydrogen) atoms. The fraction of sp³-hybridized carbons (Fsp3) is 0.333. The number of amides is 2. The molecule has 0 bridgehead atoms. The van der Waals surface area contributed by atoms with E-state index in [1.165, 1.54) is 0 Å². The van der Waals surface area contributed by atoms with Crippen molar-refractivity contribution in [3.05, 3.63) is 28.8 Å². The summed E-state index contributed by atoms with van der Waals surface area (Å²) in [6.07, 6.45) is -5.35. The van der Waals surface area contributed by atoms with Crippen molar-refractivity contribution in [2.45, 2.75) is 13.1 Å². The lowest BCUT2D eigenvalue weighted by atomic mass is 10.2. The molecule has 0 aliphatic carbocycles. The van der Waals surface area contributed by atoms with Crippen molar-refractivity contribution in [1.82, 2.24) is 5.32 Å². The molecule has 2 amide bonds. The highest BCUT2D eigenvalue weighted by Crippen LogP contribution is 2.33. The minimum absolute atomic E-state index is 0.0486. The summed E-state index contributed by atoms with van der Waals surface area (Å²) < 4.78 is 42.2. The molecular formula is C12H12ClF3N2O3. The van der Waals surface area contributed by atoms with Gasteiger partial charge in [-0.15, -0.1) is 0 Å². The number of anilines is 1. The zero-order chi connectivity index (χ0) is 16.0. The Morgan fingerprint density at radius 2 is 2.00 bits per heavy atom. The van der Waals surface area contributed by atoms with Crippen molar-refractivity contribution in [1.29, 1.82) is 0 Å². The number of nitrogens with one attached hydrogen (secondary N) is 2. The molecule has 0 aromatic heterocycles. The Hall–Kier alpha value is -1.96. The number of carbonyl (C=O) groups is 2. The van der Waals surface area contributed by atoms with E-state index in [4.69, 9.17) is 11.6 Å². The van der Waals surface area contributed by atoms with Crippen LogP contribution in [0, 0.1) is 0 Å². The summed E-state index contributed by atoms with van der Waals surface area (Å²) in [6, 6.07) is 2.54. The second-order valence-corrected chi connectivity index (χ2v) is 4.22. The lowest BCUT2D eigenvalue weighted by molar-refractivity contribution is -0.137. The average molecular weight is 325 g/mol. The third kappa shape index (κ3) is 5.50. The maximum absolute atomic E-state index is 12.5. The molecule has 9 heteroatoms. The second kappa shape index (κ2) is 7.16. The first-order valence-electron chi connectivity index (χ1n) is 5.81. The lowest BCUT2D eigenvalue weighted by Gasteiger charge is -2.12. The summed E-state index contributed by atoms with van der Waals surface area (Å²) in [5.74, 6) is -0.732. The van der Waals surface area contributed by atoms with E-state index in [2.05, 4.69) is 15.4 Å². The number of hydrogen-bond donors (Lipinski definition) is 2. The highest BCUT2D eigenvalue weighted by Gasteiger charge is 2.31. The Balaban J connectivity index is 2.69. The van der Waals surface area contributed by atoms with Gasteiger partial charge in [-0.1, -0.05) is 11.6 Å². The van der Waals surface area contributed by atoms with Crippen LogP contribution in [0.3, 0.4) is 0 Å². The molecule has 0 atom stereocenters. The molecule has 2 N–H and O–H groups in total. The fourth-order valence-corrected chi connectivity index (χ4v) is 1.49. The van der Waals surface area contributed by atoms with Gasteiger partial charge in [-0.05, 0) is 25.1 Å². The summed E-state index contributed by atoms with van der Waals surface area (Å²) >= 11 is 5.71. The van der Waals surface area contributed by atoms with Gasteiger partial charge in [0.05, 0.1) is 22.9 Å². The van der Waals surface area contributed by atoms with Gasteiger partial charge in [0, 0.05) is 0 Å². The van der Waals surface area contributed by atoms with Gasteiger partial charge in [0.25, 0.3) is 0 Å². The van der Waals surface area contributed by atoms with E-state index in [0.717, 1.165) is 12.1 Å². The van der Waals surface area contributed by atoms with E-state index in [1.54, 1.807) is 6.92 Å². The zero-order valence-corrected chi connectivity index (χ0v) is 11.6. The molecule has 1 aromatic carbocycles. The lowest BCUT2D eigenvalue weighted by Crippen LogP contribution is -2.33. The number of halogens is 4. The molecule has 0 aliphatic heterocycles. The fourth-order valence-electron chi connectivity index (χ4n) is 1.33. The summed E-state index contributed by atoms with van der Waals surface area (Å²) in [5, 5.41) is 4.26. The Labute approximate surface area is 123 Å².